The molecule has 0 heterocycles. The van der Waals surface area contributed by atoms with E-state index >= 15 is 0 Å². The second-order valence-corrected chi connectivity index (χ2v) is 4.63. The maximum atomic E-state index is 11.4. The van der Waals surface area contributed by atoms with E-state index in [0.29, 0.717) is 31.8 Å². The van der Waals surface area contributed by atoms with Gasteiger partial charge in [0.05, 0.1) is 6.04 Å². The molecule has 0 saturated carbocycles. The Morgan fingerprint density at radius 1 is 1.24 bits per heavy atom. The zero-order valence-corrected chi connectivity index (χ0v) is 11.1. The molecule has 100 valence electrons. The molecule has 2 amide bonds. The van der Waals surface area contributed by atoms with Crippen LogP contribution in [-0.2, 0) is 9.59 Å². The highest BCUT2D eigenvalue weighted by Crippen LogP contribution is 1.93. The summed E-state index contributed by atoms with van der Waals surface area (Å²) in [6, 6.07) is -0.460. The van der Waals surface area contributed by atoms with E-state index in [1.165, 1.54) is 0 Å². The van der Waals surface area contributed by atoms with Crippen LogP contribution in [0.4, 0.5) is 0 Å². The van der Waals surface area contributed by atoms with Crippen molar-refractivity contribution in [1.82, 2.24) is 10.6 Å². The minimum Gasteiger partial charge on any atom is -0.356 e. The van der Waals surface area contributed by atoms with Gasteiger partial charge in [0.1, 0.15) is 0 Å². The molecule has 0 spiro atoms. The van der Waals surface area contributed by atoms with Gasteiger partial charge in [-0.15, -0.1) is 0 Å². The lowest BCUT2D eigenvalue weighted by atomic mass is 10.1. The van der Waals surface area contributed by atoms with Gasteiger partial charge < -0.3 is 16.4 Å². The number of carbonyl (C=O) groups is 2. The quantitative estimate of drug-likeness (QED) is 0.576. The molecule has 0 bridgehead atoms. The molecule has 0 aromatic rings. The lowest BCUT2D eigenvalue weighted by molar-refractivity contribution is -0.123. The third kappa shape index (κ3) is 8.68. The molecular weight excluding hydrogens is 218 g/mol. The van der Waals surface area contributed by atoms with Gasteiger partial charge in [0, 0.05) is 19.5 Å². The van der Waals surface area contributed by atoms with Gasteiger partial charge in [-0.3, -0.25) is 9.59 Å². The molecule has 0 saturated heterocycles. The Morgan fingerprint density at radius 3 is 2.41 bits per heavy atom. The van der Waals surface area contributed by atoms with Crippen LogP contribution < -0.4 is 16.4 Å². The van der Waals surface area contributed by atoms with Gasteiger partial charge in [-0.1, -0.05) is 27.2 Å². The van der Waals surface area contributed by atoms with Crippen LogP contribution in [0.3, 0.4) is 0 Å². The fourth-order valence-corrected chi connectivity index (χ4v) is 1.28. The van der Waals surface area contributed by atoms with Crippen LogP contribution in [0, 0.1) is 5.92 Å². The van der Waals surface area contributed by atoms with Crippen LogP contribution >= 0.6 is 0 Å². The molecule has 0 aromatic carbocycles. The van der Waals surface area contributed by atoms with Crippen molar-refractivity contribution in [2.24, 2.45) is 11.7 Å². The number of nitrogens with two attached hydrogens (primary N) is 1. The Balaban J connectivity index is 3.62. The second kappa shape index (κ2) is 8.98. The molecular formula is C12H25N3O2. The van der Waals surface area contributed by atoms with Crippen LogP contribution in [0.15, 0.2) is 0 Å². The molecule has 1 atom stereocenters. The largest absolute Gasteiger partial charge is 0.356 e. The van der Waals surface area contributed by atoms with Crippen LogP contribution in [0.5, 0.6) is 0 Å². The lowest BCUT2D eigenvalue weighted by Gasteiger charge is -2.11. The van der Waals surface area contributed by atoms with E-state index in [2.05, 4.69) is 10.6 Å². The molecule has 0 aliphatic heterocycles. The maximum Gasteiger partial charge on any atom is 0.236 e. The minimum atomic E-state index is -0.460. The Morgan fingerprint density at radius 2 is 1.88 bits per heavy atom. The van der Waals surface area contributed by atoms with Crippen LogP contribution in [0.25, 0.3) is 0 Å². The molecule has 1 unspecified atom stereocenters. The fourth-order valence-electron chi connectivity index (χ4n) is 1.28. The average molecular weight is 243 g/mol. The highest BCUT2D eigenvalue weighted by atomic mass is 16.2. The Labute approximate surface area is 104 Å². The standard InChI is InChI=1S/C12H25N3O2/c1-4-5-10(13)12(17)14-7-6-11(16)15-8-9(2)3/h9-10H,4-8,13H2,1-3H3,(H,14,17)(H,15,16). The van der Waals surface area contributed by atoms with Crippen molar-refractivity contribution in [1.29, 1.82) is 0 Å². The third-order valence-corrected chi connectivity index (χ3v) is 2.30. The summed E-state index contributed by atoms with van der Waals surface area (Å²) in [4.78, 5) is 22.7. The summed E-state index contributed by atoms with van der Waals surface area (Å²) in [5.74, 6) is 0.220. The van der Waals surface area contributed by atoms with Gasteiger partial charge >= 0.3 is 0 Å². The molecule has 0 aliphatic rings. The number of hydrogen-bond donors (Lipinski definition) is 3. The SMILES string of the molecule is CCCC(N)C(=O)NCCC(=O)NCC(C)C. The number of hydrogen-bond acceptors (Lipinski definition) is 3. The Bertz CT molecular complexity index is 242. The number of rotatable bonds is 8. The van der Waals surface area contributed by atoms with E-state index in [9.17, 15) is 9.59 Å². The zero-order chi connectivity index (χ0) is 13.3. The van der Waals surface area contributed by atoms with Gasteiger partial charge in [0.25, 0.3) is 0 Å². The van der Waals surface area contributed by atoms with Crippen molar-refractivity contribution >= 4 is 11.8 Å². The van der Waals surface area contributed by atoms with E-state index in [1.807, 2.05) is 20.8 Å². The highest BCUT2D eigenvalue weighted by molar-refractivity contribution is 5.82. The van der Waals surface area contributed by atoms with E-state index in [4.69, 9.17) is 5.73 Å². The Hall–Kier alpha value is -1.10. The van der Waals surface area contributed by atoms with E-state index in [0.717, 1.165) is 6.42 Å². The first kappa shape index (κ1) is 15.9. The smallest absolute Gasteiger partial charge is 0.236 e. The second-order valence-electron chi connectivity index (χ2n) is 4.63. The van der Waals surface area contributed by atoms with Gasteiger partial charge in [-0.25, -0.2) is 0 Å². The van der Waals surface area contributed by atoms with E-state index in [-0.39, 0.29) is 11.8 Å². The topological polar surface area (TPSA) is 84.2 Å². The molecule has 17 heavy (non-hydrogen) atoms. The summed E-state index contributed by atoms with van der Waals surface area (Å²) in [6.45, 7) is 7.06. The molecule has 5 heteroatoms. The predicted molar refractivity (Wildman–Crippen MR) is 68.4 cm³/mol. The average Bonchev–Trinajstić information content (AvgIpc) is 2.26. The van der Waals surface area contributed by atoms with Crippen LogP contribution in [-0.4, -0.2) is 30.9 Å². The molecule has 0 rings (SSSR count). The molecule has 5 nitrogen and oxygen atoms in total. The van der Waals surface area contributed by atoms with Gasteiger partial charge in [-0.05, 0) is 12.3 Å². The van der Waals surface area contributed by atoms with Crippen LogP contribution in [0.1, 0.15) is 40.0 Å². The highest BCUT2D eigenvalue weighted by Gasteiger charge is 2.11. The molecule has 0 aromatic heterocycles. The Kier molecular flexibility index (Phi) is 8.40. The van der Waals surface area contributed by atoms with E-state index < -0.39 is 6.04 Å². The monoisotopic (exact) mass is 243 g/mol. The fraction of sp³-hybridized carbons (Fsp3) is 0.833. The summed E-state index contributed by atoms with van der Waals surface area (Å²) >= 11 is 0. The number of nitrogens with one attached hydrogen (secondary N) is 2. The van der Waals surface area contributed by atoms with Crippen molar-refractivity contribution in [3.8, 4) is 0 Å². The molecule has 0 radical (unpaired) electrons. The van der Waals surface area contributed by atoms with Crippen molar-refractivity contribution < 1.29 is 9.59 Å². The molecule has 0 fully saturated rings. The summed E-state index contributed by atoms with van der Waals surface area (Å²) in [5.41, 5.74) is 5.63. The first-order valence-electron chi connectivity index (χ1n) is 6.27. The third-order valence-electron chi connectivity index (χ3n) is 2.30. The van der Waals surface area contributed by atoms with Crippen LogP contribution in [0.2, 0.25) is 0 Å². The van der Waals surface area contributed by atoms with E-state index in [1.54, 1.807) is 0 Å². The summed E-state index contributed by atoms with van der Waals surface area (Å²) in [7, 11) is 0. The number of carbonyl (C=O) groups excluding carboxylic acids is 2. The summed E-state index contributed by atoms with van der Waals surface area (Å²) < 4.78 is 0. The maximum absolute atomic E-state index is 11.4. The summed E-state index contributed by atoms with van der Waals surface area (Å²) in [5, 5.41) is 5.45. The summed E-state index contributed by atoms with van der Waals surface area (Å²) in [6.07, 6.45) is 1.85. The van der Waals surface area contributed by atoms with Crippen molar-refractivity contribution in [3.63, 3.8) is 0 Å². The normalized spacial score (nSPS) is 12.3. The minimum absolute atomic E-state index is 0.0388. The lowest BCUT2D eigenvalue weighted by Crippen LogP contribution is -2.42. The van der Waals surface area contributed by atoms with Gasteiger partial charge in [0.2, 0.25) is 11.8 Å². The first-order valence-corrected chi connectivity index (χ1v) is 6.27. The molecule has 0 aliphatic carbocycles. The predicted octanol–water partition coefficient (Wildman–Crippen LogP) is 0.392. The molecule has 4 N–H and O–H groups in total. The number of amides is 2. The van der Waals surface area contributed by atoms with Gasteiger partial charge in [-0.2, -0.15) is 0 Å². The van der Waals surface area contributed by atoms with Crippen molar-refractivity contribution in [2.75, 3.05) is 13.1 Å². The zero-order valence-electron chi connectivity index (χ0n) is 11.1. The van der Waals surface area contributed by atoms with Crippen molar-refractivity contribution in [3.05, 3.63) is 0 Å². The van der Waals surface area contributed by atoms with Gasteiger partial charge in [0.15, 0.2) is 0 Å². The first-order chi connectivity index (χ1) is 7.97. The van der Waals surface area contributed by atoms with Crippen molar-refractivity contribution in [2.45, 2.75) is 46.1 Å².